The molecule has 0 radical (unpaired) electrons. The van der Waals surface area contributed by atoms with E-state index in [0.29, 0.717) is 6.04 Å². The van der Waals surface area contributed by atoms with Gasteiger partial charge in [-0.05, 0) is 31.6 Å². The van der Waals surface area contributed by atoms with E-state index in [4.69, 9.17) is 0 Å². The molecule has 3 rings (SSSR count). The van der Waals surface area contributed by atoms with E-state index in [-0.39, 0.29) is 6.61 Å². The first-order chi connectivity index (χ1) is 10.8. The number of nitrogens with zero attached hydrogens (tertiary/aromatic N) is 2. The third kappa shape index (κ3) is 3.16. The molecule has 2 aromatic rings. The summed E-state index contributed by atoms with van der Waals surface area (Å²) in [4.78, 5) is 4.86. The Bertz CT molecular complexity index is 599. The van der Waals surface area contributed by atoms with Gasteiger partial charge in [-0.1, -0.05) is 48.5 Å². The van der Waals surface area contributed by atoms with Crippen molar-refractivity contribution >= 4 is 5.69 Å². The second kappa shape index (κ2) is 6.95. The number of benzene rings is 2. The Morgan fingerprint density at radius 1 is 1.00 bits per heavy atom. The molecular weight excluding hydrogens is 272 g/mol. The number of aliphatic hydroxyl groups is 1. The smallest absolute Gasteiger partial charge is 0.0702 e. The molecular formula is C19H24N2O. The Hall–Kier alpha value is -1.84. The quantitative estimate of drug-likeness (QED) is 0.943. The summed E-state index contributed by atoms with van der Waals surface area (Å²) in [5.74, 6) is 0. The molecule has 1 aliphatic heterocycles. The Morgan fingerprint density at radius 2 is 1.73 bits per heavy atom. The van der Waals surface area contributed by atoms with Gasteiger partial charge < -0.3 is 14.9 Å². The van der Waals surface area contributed by atoms with Crippen molar-refractivity contribution in [2.75, 3.05) is 31.6 Å². The van der Waals surface area contributed by atoms with Crippen molar-refractivity contribution in [3.63, 3.8) is 0 Å². The van der Waals surface area contributed by atoms with Crippen LogP contribution >= 0.6 is 0 Å². The number of hydrogen-bond donors (Lipinski definition) is 1. The van der Waals surface area contributed by atoms with E-state index in [0.717, 1.165) is 37.3 Å². The Balaban J connectivity index is 2.01. The average Bonchev–Trinajstić information content (AvgIpc) is 2.77. The van der Waals surface area contributed by atoms with Gasteiger partial charge in [-0.2, -0.15) is 0 Å². The Morgan fingerprint density at radius 3 is 2.50 bits per heavy atom. The lowest BCUT2D eigenvalue weighted by Gasteiger charge is -2.34. The highest BCUT2D eigenvalue weighted by Crippen LogP contribution is 2.32. The molecule has 1 unspecified atom stereocenters. The van der Waals surface area contributed by atoms with Gasteiger partial charge >= 0.3 is 0 Å². The molecule has 1 aliphatic rings. The van der Waals surface area contributed by atoms with E-state index in [1.807, 2.05) is 12.1 Å². The van der Waals surface area contributed by atoms with Crippen LogP contribution in [-0.4, -0.2) is 36.7 Å². The molecule has 0 spiro atoms. The summed E-state index contributed by atoms with van der Waals surface area (Å²) < 4.78 is 0. The summed E-state index contributed by atoms with van der Waals surface area (Å²) in [6.07, 6.45) is 1.14. The minimum atomic E-state index is 0.0873. The fourth-order valence-corrected chi connectivity index (χ4v) is 3.33. The first-order valence-electron chi connectivity index (χ1n) is 7.98. The van der Waals surface area contributed by atoms with Crippen LogP contribution in [0, 0.1) is 0 Å². The van der Waals surface area contributed by atoms with Crippen molar-refractivity contribution in [1.82, 2.24) is 4.90 Å². The lowest BCUT2D eigenvalue weighted by atomic mass is 10.0. The number of rotatable bonds is 3. The summed E-state index contributed by atoms with van der Waals surface area (Å²) in [6.45, 7) is 3.22. The van der Waals surface area contributed by atoms with Gasteiger partial charge in [-0.25, -0.2) is 0 Å². The third-order valence-corrected chi connectivity index (χ3v) is 4.46. The second-order valence-electron chi connectivity index (χ2n) is 6.02. The fraction of sp³-hybridized carbons (Fsp3) is 0.368. The van der Waals surface area contributed by atoms with Crippen LogP contribution in [0.1, 0.15) is 23.6 Å². The van der Waals surface area contributed by atoms with Gasteiger partial charge in [0.05, 0.1) is 12.6 Å². The van der Waals surface area contributed by atoms with Crippen LogP contribution in [0.5, 0.6) is 0 Å². The van der Waals surface area contributed by atoms with Crippen LogP contribution in [0.2, 0.25) is 0 Å². The van der Waals surface area contributed by atoms with Crippen molar-refractivity contribution < 1.29 is 5.11 Å². The molecule has 1 saturated heterocycles. The van der Waals surface area contributed by atoms with Crippen molar-refractivity contribution in [3.05, 3.63) is 65.7 Å². The van der Waals surface area contributed by atoms with Crippen LogP contribution in [0.4, 0.5) is 5.69 Å². The number of likely N-dealkylation sites (N-methyl/N-ethyl adjacent to an activating group) is 1. The van der Waals surface area contributed by atoms with E-state index in [2.05, 4.69) is 59.3 Å². The Labute approximate surface area is 132 Å². The van der Waals surface area contributed by atoms with Crippen LogP contribution in [-0.2, 0) is 6.61 Å². The largest absolute Gasteiger partial charge is 0.392 e. The first-order valence-corrected chi connectivity index (χ1v) is 7.98. The molecule has 22 heavy (non-hydrogen) atoms. The van der Waals surface area contributed by atoms with E-state index in [9.17, 15) is 5.11 Å². The maximum Gasteiger partial charge on any atom is 0.0702 e. The molecule has 0 bridgehead atoms. The summed E-state index contributed by atoms with van der Waals surface area (Å²) in [6, 6.07) is 19.2. The number of hydrogen-bond acceptors (Lipinski definition) is 3. The van der Waals surface area contributed by atoms with Gasteiger partial charge in [-0.15, -0.1) is 0 Å². The zero-order valence-electron chi connectivity index (χ0n) is 13.2. The van der Waals surface area contributed by atoms with E-state index >= 15 is 0 Å². The maximum atomic E-state index is 9.69. The number of aliphatic hydroxyl groups excluding tert-OH is 1. The molecule has 1 atom stereocenters. The maximum absolute atomic E-state index is 9.69. The molecule has 1 N–H and O–H groups in total. The molecule has 3 nitrogen and oxygen atoms in total. The van der Waals surface area contributed by atoms with Crippen molar-refractivity contribution in [1.29, 1.82) is 0 Å². The van der Waals surface area contributed by atoms with Gasteiger partial charge in [0.15, 0.2) is 0 Å². The predicted octanol–water partition coefficient (Wildman–Crippen LogP) is 3.06. The molecule has 0 saturated carbocycles. The fourth-order valence-electron chi connectivity index (χ4n) is 3.33. The predicted molar refractivity (Wildman–Crippen MR) is 91.0 cm³/mol. The Kier molecular flexibility index (Phi) is 4.76. The average molecular weight is 296 g/mol. The molecule has 0 amide bonds. The summed E-state index contributed by atoms with van der Waals surface area (Å²) in [7, 11) is 2.19. The monoisotopic (exact) mass is 296 g/mol. The summed E-state index contributed by atoms with van der Waals surface area (Å²) in [5.41, 5.74) is 3.51. The molecule has 3 heteroatoms. The first kappa shape index (κ1) is 15.1. The number of para-hydroxylation sites is 1. The van der Waals surface area contributed by atoms with Crippen molar-refractivity contribution in [2.45, 2.75) is 19.1 Å². The molecule has 2 aromatic carbocycles. The highest BCUT2D eigenvalue weighted by Gasteiger charge is 2.26. The SMILES string of the molecule is CN1CCCN(c2ccccc2CO)C(c2ccccc2)C1. The van der Waals surface area contributed by atoms with Gasteiger partial charge in [0.2, 0.25) is 0 Å². The summed E-state index contributed by atoms with van der Waals surface area (Å²) >= 11 is 0. The molecule has 0 aliphatic carbocycles. The van der Waals surface area contributed by atoms with Gasteiger partial charge in [0.1, 0.15) is 0 Å². The normalized spacial score (nSPS) is 19.9. The van der Waals surface area contributed by atoms with Crippen LogP contribution in [0.15, 0.2) is 54.6 Å². The van der Waals surface area contributed by atoms with Crippen molar-refractivity contribution in [3.8, 4) is 0 Å². The zero-order chi connectivity index (χ0) is 15.4. The molecule has 1 fully saturated rings. The van der Waals surface area contributed by atoms with E-state index in [1.165, 1.54) is 5.56 Å². The van der Waals surface area contributed by atoms with Gasteiger partial charge in [0.25, 0.3) is 0 Å². The highest BCUT2D eigenvalue weighted by molar-refractivity contribution is 5.55. The van der Waals surface area contributed by atoms with Crippen LogP contribution in [0.25, 0.3) is 0 Å². The minimum absolute atomic E-state index is 0.0873. The van der Waals surface area contributed by atoms with E-state index in [1.54, 1.807) is 0 Å². The number of anilines is 1. The molecule has 116 valence electrons. The highest BCUT2D eigenvalue weighted by atomic mass is 16.3. The van der Waals surface area contributed by atoms with Gasteiger partial charge in [0, 0.05) is 24.3 Å². The van der Waals surface area contributed by atoms with Crippen LogP contribution < -0.4 is 4.90 Å². The standard InChI is InChI=1S/C19H24N2O/c1-20-12-7-13-21(18-11-6-5-10-17(18)15-22)19(14-20)16-8-3-2-4-9-16/h2-6,8-11,19,22H,7,12-15H2,1H3. The topological polar surface area (TPSA) is 26.7 Å². The third-order valence-electron chi connectivity index (χ3n) is 4.46. The lowest BCUT2D eigenvalue weighted by Crippen LogP contribution is -2.33. The second-order valence-corrected chi connectivity index (χ2v) is 6.02. The van der Waals surface area contributed by atoms with Crippen molar-refractivity contribution in [2.24, 2.45) is 0 Å². The molecule has 0 aromatic heterocycles. The lowest BCUT2D eigenvalue weighted by molar-refractivity contribution is 0.281. The van der Waals surface area contributed by atoms with E-state index < -0.39 is 0 Å². The minimum Gasteiger partial charge on any atom is -0.392 e. The summed E-state index contributed by atoms with van der Waals surface area (Å²) in [5, 5.41) is 9.69. The van der Waals surface area contributed by atoms with Crippen LogP contribution in [0.3, 0.4) is 0 Å². The van der Waals surface area contributed by atoms with Gasteiger partial charge in [-0.3, -0.25) is 0 Å². The zero-order valence-corrected chi connectivity index (χ0v) is 13.2. The molecule has 1 heterocycles.